The van der Waals surface area contributed by atoms with Gasteiger partial charge in [0.05, 0.1) is 0 Å². The molecule has 11 heavy (non-hydrogen) atoms. The fraction of sp³-hybridized carbons (Fsp3) is 0.286. The van der Waals surface area contributed by atoms with E-state index in [1.54, 1.807) is 6.07 Å². The Kier molecular flexibility index (Phi) is 2.82. The molecule has 3 nitrogen and oxygen atoms in total. The van der Waals surface area contributed by atoms with Crippen LogP contribution in [0.15, 0.2) is 12.1 Å². The Morgan fingerprint density at radius 2 is 2.36 bits per heavy atom. The summed E-state index contributed by atoms with van der Waals surface area (Å²) in [5.41, 5.74) is 3.82. The molecule has 2 N–H and O–H groups in total. The fourth-order valence-electron chi connectivity index (χ4n) is 0.889. The van der Waals surface area contributed by atoms with Gasteiger partial charge in [0.15, 0.2) is 0 Å². The van der Waals surface area contributed by atoms with Crippen molar-refractivity contribution in [1.82, 2.24) is 10.5 Å². The fourth-order valence-corrected chi connectivity index (χ4v) is 1.16. The third-order valence-electron chi connectivity index (χ3n) is 1.27. The van der Waals surface area contributed by atoms with Crippen molar-refractivity contribution >= 4 is 11.6 Å². The molecule has 0 unspecified atom stereocenters. The summed E-state index contributed by atoms with van der Waals surface area (Å²) >= 11 is 5.67. The maximum Gasteiger partial charge on any atom is 0.129 e. The van der Waals surface area contributed by atoms with Crippen LogP contribution in [0.5, 0.6) is 0 Å². The van der Waals surface area contributed by atoms with Gasteiger partial charge in [-0.25, -0.2) is 10.5 Å². The van der Waals surface area contributed by atoms with Gasteiger partial charge in [0.1, 0.15) is 5.15 Å². The van der Waals surface area contributed by atoms with Gasteiger partial charge in [0.25, 0.3) is 0 Å². The summed E-state index contributed by atoms with van der Waals surface area (Å²) in [5.74, 6) is 0. The highest BCUT2D eigenvalue weighted by atomic mass is 35.5. The van der Waals surface area contributed by atoms with Crippen molar-refractivity contribution < 1.29 is 5.21 Å². The lowest BCUT2D eigenvalue weighted by atomic mass is 10.2. The Morgan fingerprint density at radius 1 is 1.64 bits per heavy atom. The van der Waals surface area contributed by atoms with Crippen LogP contribution in [0, 0.1) is 6.92 Å². The number of aryl methyl sites for hydroxylation is 1. The van der Waals surface area contributed by atoms with Gasteiger partial charge in [0, 0.05) is 12.2 Å². The highest BCUT2D eigenvalue weighted by Gasteiger charge is 1.96. The van der Waals surface area contributed by atoms with Crippen LogP contribution in [0.3, 0.4) is 0 Å². The van der Waals surface area contributed by atoms with E-state index < -0.39 is 0 Å². The predicted octanol–water partition coefficient (Wildman–Crippen LogP) is 1.52. The van der Waals surface area contributed by atoms with Crippen LogP contribution in [0.1, 0.15) is 11.3 Å². The lowest BCUT2D eigenvalue weighted by Gasteiger charge is -2.00. The molecule has 0 aliphatic rings. The van der Waals surface area contributed by atoms with Crippen LogP contribution in [0.25, 0.3) is 0 Å². The number of hydrogen-bond donors (Lipinski definition) is 2. The largest absolute Gasteiger partial charge is 0.316 e. The van der Waals surface area contributed by atoms with E-state index in [0.717, 1.165) is 11.3 Å². The first kappa shape index (κ1) is 8.46. The van der Waals surface area contributed by atoms with Gasteiger partial charge in [-0.05, 0) is 24.6 Å². The molecule has 1 heterocycles. The van der Waals surface area contributed by atoms with E-state index in [-0.39, 0.29) is 0 Å². The zero-order valence-corrected chi connectivity index (χ0v) is 6.89. The van der Waals surface area contributed by atoms with Crippen LogP contribution in [-0.4, -0.2) is 10.2 Å². The minimum Gasteiger partial charge on any atom is -0.316 e. The van der Waals surface area contributed by atoms with Crippen LogP contribution in [0.2, 0.25) is 5.15 Å². The third-order valence-corrected chi connectivity index (χ3v) is 1.46. The zero-order chi connectivity index (χ0) is 8.27. The van der Waals surface area contributed by atoms with Gasteiger partial charge in [-0.3, -0.25) is 0 Å². The maximum absolute atomic E-state index is 8.39. The Bertz CT molecular complexity index is 232. The quantitative estimate of drug-likeness (QED) is 0.525. The van der Waals surface area contributed by atoms with Gasteiger partial charge in [0.2, 0.25) is 0 Å². The van der Waals surface area contributed by atoms with Crippen LogP contribution in [-0.2, 0) is 6.54 Å². The summed E-state index contributed by atoms with van der Waals surface area (Å²) in [7, 11) is 0. The Labute approximate surface area is 70.0 Å². The molecule has 0 saturated carbocycles. The molecule has 0 saturated heterocycles. The van der Waals surface area contributed by atoms with E-state index in [1.807, 2.05) is 13.0 Å². The second kappa shape index (κ2) is 3.67. The molecule has 0 spiro atoms. The van der Waals surface area contributed by atoms with Gasteiger partial charge in [-0.1, -0.05) is 11.6 Å². The monoisotopic (exact) mass is 172 g/mol. The lowest BCUT2D eigenvalue weighted by molar-refractivity contribution is 0.161. The SMILES string of the molecule is Cc1cc(CNO)cc(Cl)n1. The second-order valence-electron chi connectivity index (χ2n) is 2.27. The average molecular weight is 173 g/mol. The summed E-state index contributed by atoms with van der Waals surface area (Å²) in [4.78, 5) is 3.97. The molecule has 60 valence electrons. The molecule has 0 fully saturated rings. The molecule has 0 atom stereocenters. The summed E-state index contributed by atoms with van der Waals surface area (Å²) in [6.07, 6.45) is 0. The smallest absolute Gasteiger partial charge is 0.129 e. The van der Waals surface area contributed by atoms with Crippen molar-refractivity contribution in [3.63, 3.8) is 0 Å². The van der Waals surface area contributed by atoms with Gasteiger partial charge in [-0.2, -0.15) is 0 Å². The van der Waals surface area contributed by atoms with Crippen LogP contribution >= 0.6 is 11.6 Å². The third kappa shape index (κ3) is 2.46. The summed E-state index contributed by atoms with van der Waals surface area (Å²) < 4.78 is 0. The van der Waals surface area contributed by atoms with Crippen molar-refractivity contribution in [2.75, 3.05) is 0 Å². The minimum atomic E-state index is 0.392. The van der Waals surface area contributed by atoms with Crippen molar-refractivity contribution in [1.29, 1.82) is 0 Å². The molecule has 0 aliphatic heterocycles. The molecular weight excluding hydrogens is 164 g/mol. The molecule has 4 heteroatoms. The number of aromatic nitrogens is 1. The first-order valence-electron chi connectivity index (χ1n) is 3.22. The molecule has 1 aromatic rings. The summed E-state index contributed by atoms with van der Waals surface area (Å²) in [6, 6.07) is 3.56. The number of halogens is 1. The predicted molar refractivity (Wildman–Crippen MR) is 42.6 cm³/mol. The maximum atomic E-state index is 8.39. The lowest BCUT2D eigenvalue weighted by Crippen LogP contribution is -2.06. The molecule has 0 radical (unpaired) electrons. The second-order valence-corrected chi connectivity index (χ2v) is 2.66. The van der Waals surface area contributed by atoms with E-state index in [2.05, 4.69) is 10.5 Å². The van der Waals surface area contributed by atoms with E-state index in [0.29, 0.717) is 11.7 Å². The van der Waals surface area contributed by atoms with Gasteiger partial charge in [-0.15, -0.1) is 0 Å². The van der Waals surface area contributed by atoms with E-state index >= 15 is 0 Å². The van der Waals surface area contributed by atoms with Gasteiger partial charge >= 0.3 is 0 Å². The molecule has 1 aromatic heterocycles. The Morgan fingerprint density at radius 3 is 2.91 bits per heavy atom. The molecule has 0 aliphatic carbocycles. The van der Waals surface area contributed by atoms with Crippen LogP contribution in [0.4, 0.5) is 0 Å². The number of hydroxylamine groups is 1. The topological polar surface area (TPSA) is 45.1 Å². The first-order valence-corrected chi connectivity index (χ1v) is 3.60. The normalized spacial score (nSPS) is 10.1. The Balaban J connectivity index is 2.89. The molecule has 0 bridgehead atoms. The Hall–Kier alpha value is -0.640. The van der Waals surface area contributed by atoms with Crippen molar-refractivity contribution in [3.8, 4) is 0 Å². The number of pyridine rings is 1. The standard InChI is InChI=1S/C7H9ClN2O/c1-5-2-6(4-9-11)3-7(8)10-5/h2-3,9,11H,4H2,1H3. The number of hydrogen-bond acceptors (Lipinski definition) is 3. The number of rotatable bonds is 2. The zero-order valence-electron chi connectivity index (χ0n) is 6.13. The van der Waals surface area contributed by atoms with Gasteiger partial charge < -0.3 is 5.21 Å². The first-order chi connectivity index (χ1) is 5.22. The highest BCUT2D eigenvalue weighted by Crippen LogP contribution is 2.09. The number of nitrogens with zero attached hydrogens (tertiary/aromatic N) is 1. The summed E-state index contributed by atoms with van der Waals surface area (Å²) in [5, 5.41) is 8.84. The van der Waals surface area contributed by atoms with E-state index in [4.69, 9.17) is 16.8 Å². The number of nitrogens with one attached hydrogen (secondary N) is 1. The molecule has 0 amide bonds. The molecular formula is C7H9ClN2O. The van der Waals surface area contributed by atoms with E-state index in [1.165, 1.54) is 0 Å². The van der Waals surface area contributed by atoms with Crippen molar-refractivity contribution in [2.24, 2.45) is 0 Å². The average Bonchev–Trinajstić information content (AvgIpc) is 1.85. The highest BCUT2D eigenvalue weighted by molar-refractivity contribution is 6.29. The molecule has 0 aromatic carbocycles. The van der Waals surface area contributed by atoms with Crippen LogP contribution < -0.4 is 5.48 Å². The van der Waals surface area contributed by atoms with E-state index in [9.17, 15) is 0 Å². The minimum absolute atomic E-state index is 0.392. The summed E-state index contributed by atoms with van der Waals surface area (Å²) in [6.45, 7) is 2.25. The van der Waals surface area contributed by atoms with Crippen molar-refractivity contribution in [2.45, 2.75) is 13.5 Å². The van der Waals surface area contributed by atoms with Crippen molar-refractivity contribution in [3.05, 3.63) is 28.5 Å². The molecule has 1 rings (SSSR count).